The van der Waals surface area contributed by atoms with Crippen molar-refractivity contribution >= 4 is 17.7 Å². The van der Waals surface area contributed by atoms with Crippen LogP contribution in [0.25, 0.3) is 5.69 Å². The van der Waals surface area contributed by atoms with Crippen molar-refractivity contribution in [2.24, 2.45) is 0 Å². The monoisotopic (exact) mass is 336 g/mol. The minimum absolute atomic E-state index is 0.256. The number of hydrogen-bond acceptors (Lipinski definition) is 5. The maximum absolute atomic E-state index is 13.7. The third-order valence-electron chi connectivity index (χ3n) is 3.71. The van der Waals surface area contributed by atoms with Gasteiger partial charge in [-0.3, -0.25) is 4.57 Å². The third kappa shape index (κ3) is 3.84. The topological polar surface area (TPSA) is 43.2 Å². The molecule has 1 aromatic heterocycles. The van der Waals surface area contributed by atoms with Gasteiger partial charge in [-0.05, 0) is 24.6 Å². The van der Waals surface area contributed by atoms with Gasteiger partial charge in [0.1, 0.15) is 5.82 Å². The van der Waals surface area contributed by atoms with Gasteiger partial charge in [-0.1, -0.05) is 31.2 Å². The molecule has 0 bridgehead atoms. The number of rotatable bonds is 6. The van der Waals surface area contributed by atoms with Gasteiger partial charge in [0.15, 0.2) is 5.16 Å². The van der Waals surface area contributed by atoms with E-state index in [9.17, 15) is 4.39 Å². The first-order valence-corrected chi connectivity index (χ1v) is 8.95. The van der Waals surface area contributed by atoms with E-state index in [0.717, 1.165) is 48.5 Å². The Bertz CT molecular complexity index is 643. The van der Waals surface area contributed by atoms with Crippen molar-refractivity contribution in [1.82, 2.24) is 14.8 Å². The summed E-state index contributed by atoms with van der Waals surface area (Å²) in [7, 11) is 0. The van der Waals surface area contributed by atoms with Crippen molar-refractivity contribution < 1.29 is 9.13 Å². The van der Waals surface area contributed by atoms with Gasteiger partial charge in [-0.2, -0.15) is 0 Å². The van der Waals surface area contributed by atoms with Gasteiger partial charge in [0.2, 0.25) is 5.95 Å². The molecule has 0 radical (unpaired) electrons. The lowest BCUT2D eigenvalue weighted by Gasteiger charge is -2.27. The molecule has 2 aromatic rings. The van der Waals surface area contributed by atoms with E-state index in [1.807, 2.05) is 10.6 Å². The average molecular weight is 336 g/mol. The summed E-state index contributed by atoms with van der Waals surface area (Å²) in [6, 6.07) is 6.58. The Morgan fingerprint density at radius 3 is 2.83 bits per heavy atom. The Morgan fingerprint density at radius 1 is 1.26 bits per heavy atom. The number of hydrogen-bond donors (Lipinski definition) is 0. The fourth-order valence-electron chi connectivity index (χ4n) is 2.47. The van der Waals surface area contributed by atoms with Crippen LogP contribution in [-0.4, -0.2) is 46.8 Å². The number of aromatic nitrogens is 3. The molecule has 2 heterocycles. The second-order valence-corrected chi connectivity index (χ2v) is 6.46. The molecule has 1 saturated heterocycles. The molecule has 0 spiro atoms. The maximum Gasteiger partial charge on any atom is 0.232 e. The van der Waals surface area contributed by atoms with Crippen LogP contribution in [-0.2, 0) is 4.74 Å². The second kappa shape index (κ2) is 7.79. The Balaban J connectivity index is 1.95. The highest BCUT2D eigenvalue weighted by Gasteiger charge is 2.21. The van der Waals surface area contributed by atoms with Gasteiger partial charge in [0.05, 0.1) is 18.9 Å². The smallest absolute Gasteiger partial charge is 0.232 e. The summed E-state index contributed by atoms with van der Waals surface area (Å²) in [6.45, 7) is 5.06. The van der Waals surface area contributed by atoms with E-state index in [1.165, 1.54) is 12.1 Å². The zero-order valence-electron chi connectivity index (χ0n) is 13.2. The Morgan fingerprint density at radius 2 is 2.09 bits per heavy atom. The minimum atomic E-state index is -0.256. The first kappa shape index (κ1) is 16.3. The molecule has 0 amide bonds. The molecule has 7 heteroatoms. The zero-order chi connectivity index (χ0) is 16.1. The van der Waals surface area contributed by atoms with E-state index in [-0.39, 0.29) is 5.82 Å². The van der Waals surface area contributed by atoms with Crippen molar-refractivity contribution in [3.05, 3.63) is 30.1 Å². The van der Waals surface area contributed by atoms with Crippen LogP contribution in [0.5, 0.6) is 0 Å². The fraction of sp³-hybridized carbons (Fsp3) is 0.500. The highest BCUT2D eigenvalue weighted by atomic mass is 32.2. The number of benzene rings is 1. The third-order valence-corrected chi connectivity index (χ3v) is 4.72. The van der Waals surface area contributed by atoms with E-state index in [4.69, 9.17) is 4.74 Å². The fourth-order valence-corrected chi connectivity index (χ4v) is 3.50. The molecule has 5 nitrogen and oxygen atoms in total. The van der Waals surface area contributed by atoms with Gasteiger partial charge in [0.25, 0.3) is 0 Å². The summed E-state index contributed by atoms with van der Waals surface area (Å²) in [5.74, 6) is 1.49. The number of morpholine rings is 1. The van der Waals surface area contributed by atoms with E-state index in [1.54, 1.807) is 17.8 Å². The predicted octanol–water partition coefficient (Wildman–Crippen LogP) is 3.14. The minimum Gasteiger partial charge on any atom is -0.378 e. The zero-order valence-corrected chi connectivity index (χ0v) is 14.1. The van der Waals surface area contributed by atoms with Crippen LogP contribution >= 0.6 is 11.8 Å². The number of nitrogens with zero attached hydrogens (tertiary/aromatic N) is 4. The van der Waals surface area contributed by atoms with Crippen LogP contribution in [0, 0.1) is 5.82 Å². The quantitative estimate of drug-likeness (QED) is 0.599. The van der Waals surface area contributed by atoms with Crippen LogP contribution in [0.2, 0.25) is 0 Å². The van der Waals surface area contributed by atoms with Gasteiger partial charge in [-0.25, -0.2) is 4.39 Å². The van der Waals surface area contributed by atoms with Crippen LogP contribution in [0.15, 0.2) is 29.4 Å². The van der Waals surface area contributed by atoms with Gasteiger partial charge < -0.3 is 9.64 Å². The molecule has 1 aliphatic rings. The van der Waals surface area contributed by atoms with Crippen molar-refractivity contribution in [3.63, 3.8) is 0 Å². The lowest BCUT2D eigenvalue weighted by molar-refractivity contribution is 0.122. The Labute approximate surface area is 139 Å². The van der Waals surface area contributed by atoms with Crippen molar-refractivity contribution in [2.45, 2.75) is 24.9 Å². The SMILES string of the molecule is CCCCSc1nnc(N2CCOCC2)n1-c1cccc(F)c1. The average Bonchev–Trinajstić information content (AvgIpc) is 3.00. The first-order chi connectivity index (χ1) is 11.3. The van der Waals surface area contributed by atoms with Gasteiger partial charge >= 0.3 is 0 Å². The summed E-state index contributed by atoms with van der Waals surface area (Å²) < 4.78 is 21.0. The van der Waals surface area contributed by atoms with Crippen molar-refractivity contribution in [1.29, 1.82) is 0 Å². The lowest BCUT2D eigenvalue weighted by Crippen LogP contribution is -2.37. The highest BCUT2D eigenvalue weighted by Crippen LogP contribution is 2.28. The van der Waals surface area contributed by atoms with Crippen molar-refractivity contribution in [3.8, 4) is 5.69 Å². The molecule has 1 aliphatic heterocycles. The van der Waals surface area contributed by atoms with Crippen LogP contribution in [0.3, 0.4) is 0 Å². The van der Waals surface area contributed by atoms with Crippen LogP contribution in [0.1, 0.15) is 19.8 Å². The molecule has 0 unspecified atom stereocenters. The molecular weight excluding hydrogens is 315 g/mol. The lowest BCUT2D eigenvalue weighted by atomic mass is 10.3. The summed E-state index contributed by atoms with van der Waals surface area (Å²) in [4.78, 5) is 2.14. The summed E-state index contributed by atoms with van der Waals surface area (Å²) >= 11 is 1.67. The van der Waals surface area contributed by atoms with E-state index < -0.39 is 0 Å². The normalized spacial score (nSPS) is 15.1. The number of ether oxygens (including phenoxy) is 1. The molecule has 1 fully saturated rings. The van der Waals surface area contributed by atoms with Crippen molar-refractivity contribution in [2.75, 3.05) is 37.0 Å². The van der Waals surface area contributed by atoms with E-state index in [2.05, 4.69) is 22.0 Å². The Hall–Kier alpha value is -1.60. The largest absolute Gasteiger partial charge is 0.378 e. The number of halogens is 1. The second-order valence-electron chi connectivity index (χ2n) is 5.40. The maximum atomic E-state index is 13.7. The van der Waals surface area contributed by atoms with Crippen LogP contribution < -0.4 is 4.90 Å². The molecule has 0 N–H and O–H groups in total. The van der Waals surface area contributed by atoms with E-state index >= 15 is 0 Å². The predicted molar refractivity (Wildman–Crippen MR) is 90.0 cm³/mol. The molecule has 0 atom stereocenters. The molecule has 124 valence electrons. The standard InChI is InChI=1S/C16H21FN4OS/c1-2-3-11-23-16-19-18-15(20-7-9-22-10-8-20)21(16)14-6-4-5-13(17)12-14/h4-6,12H,2-3,7-11H2,1H3. The number of unbranched alkanes of at least 4 members (excludes halogenated alkanes) is 1. The number of thioether (sulfide) groups is 1. The molecule has 0 aliphatic carbocycles. The number of anilines is 1. The Kier molecular flexibility index (Phi) is 5.51. The highest BCUT2D eigenvalue weighted by molar-refractivity contribution is 7.99. The molecule has 23 heavy (non-hydrogen) atoms. The van der Waals surface area contributed by atoms with E-state index in [0.29, 0.717) is 13.2 Å². The first-order valence-electron chi connectivity index (χ1n) is 7.96. The summed E-state index contributed by atoms with van der Waals surface area (Å²) in [5, 5.41) is 9.52. The summed E-state index contributed by atoms with van der Waals surface area (Å²) in [6.07, 6.45) is 2.25. The van der Waals surface area contributed by atoms with Gasteiger partial charge in [-0.15, -0.1) is 10.2 Å². The van der Waals surface area contributed by atoms with Gasteiger partial charge in [0, 0.05) is 18.8 Å². The molecular formula is C16H21FN4OS. The molecule has 3 rings (SSSR count). The van der Waals surface area contributed by atoms with Crippen LogP contribution in [0.4, 0.5) is 10.3 Å². The molecule has 0 saturated carbocycles. The summed E-state index contributed by atoms with van der Waals surface area (Å²) in [5.41, 5.74) is 0.760. The molecule has 1 aromatic carbocycles.